The van der Waals surface area contributed by atoms with Crippen molar-refractivity contribution in [2.75, 3.05) is 13.2 Å². The summed E-state index contributed by atoms with van der Waals surface area (Å²) in [6.45, 7) is 11.0. The van der Waals surface area contributed by atoms with Gasteiger partial charge < -0.3 is 4.74 Å². The summed E-state index contributed by atoms with van der Waals surface area (Å²) in [5.74, 6) is -0.219. The van der Waals surface area contributed by atoms with Crippen LogP contribution >= 0.6 is 30.9 Å². The van der Waals surface area contributed by atoms with E-state index in [-0.39, 0.29) is 16.5 Å². The minimum atomic E-state index is -0.259. The zero-order valence-electron chi connectivity index (χ0n) is 11.6. The van der Waals surface area contributed by atoms with Gasteiger partial charge in [-0.3, -0.25) is 4.79 Å². The van der Waals surface area contributed by atoms with E-state index >= 15 is 0 Å². The van der Waals surface area contributed by atoms with E-state index in [0.717, 1.165) is 0 Å². The molecule has 0 aliphatic heterocycles. The zero-order chi connectivity index (χ0) is 14.2. The molecule has 7 heteroatoms. The first-order valence-electron chi connectivity index (χ1n) is 6.00. The third-order valence-electron chi connectivity index (χ3n) is 1.71. The summed E-state index contributed by atoms with van der Waals surface area (Å²) >= 11 is 8.89. The topological polar surface area (TPSA) is 38.3 Å². The van der Waals surface area contributed by atoms with Gasteiger partial charge in [0, 0.05) is 10.5 Å². The number of thioether (sulfide) groups is 2. The summed E-state index contributed by atoms with van der Waals surface area (Å²) in [4.78, 5) is 11.4. The lowest BCUT2D eigenvalue weighted by molar-refractivity contribution is -0.141. The average molecular weight is 328 g/mol. The third kappa shape index (κ3) is 7.95. The molecule has 1 unspecified atom stereocenters. The highest BCUT2D eigenvalue weighted by atomic mass is 32.4. The fourth-order valence-electron chi connectivity index (χ4n) is 1.26. The van der Waals surface area contributed by atoms with E-state index in [1.165, 1.54) is 0 Å². The Morgan fingerprint density at radius 2 is 1.83 bits per heavy atom. The summed E-state index contributed by atoms with van der Waals surface area (Å²) in [5, 5.41) is 4.21. The van der Waals surface area contributed by atoms with Crippen LogP contribution in [0.4, 0.5) is 0 Å². The number of ether oxygens (including phenoxy) is 1. The van der Waals surface area contributed by atoms with Crippen LogP contribution < -0.4 is 5.32 Å². The Bertz CT molecular complexity index is 265. The Morgan fingerprint density at radius 3 is 2.17 bits per heavy atom. The van der Waals surface area contributed by atoms with E-state index in [2.05, 4.69) is 33.0 Å². The van der Waals surface area contributed by atoms with Gasteiger partial charge in [-0.05, 0) is 6.92 Å². The van der Waals surface area contributed by atoms with E-state index in [1.807, 2.05) is 6.92 Å². The molecule has 0 fully saturated rings. The number of hydrogen-bond donors (Lipinski definition) is 1. The first kappa shape index (κ1) is 18.7. The number of carbonyl (C=O) groups is 1. The number of carbonyl (C=O) groups excluding carboxylic acids is 1. The molecule has 0 heterocycles. The molecule has 0 aromatic carbocycles. The molecule has 18 heavy (non-hydrogen) atoms. The van der Waals surface area contributed by atoms with Crippen molar-refractivity contribution < 1.29 is 9.53 Å². The van der Waals surface area contributed by atoms with Crippen LogP contribution in [0.5, 0.6) is 0 Å². The molecule has 0 saturated carbocycles. The molecule has 0 saturated heterocycles. The van der Waals surface area contributed by atoms with E-state index in [9.17, 15) is 4.79 Å². The molecule has 0 bridgehead atoms. The number of hydrogen-bond acceptors (Lipinski definition) is 6. The highest BCUT2D eigenvalue weighted by Crippen LogP contribution is 2.47. The van der Waals surface area contributed by atoms with Gasteiger partial charge in [0.1, 0.15) is 0 Å². The van der Waals surface area contributed by atoms with Crippen LogP contribution in [0, 0.1) is 0 Å². The zero-order valence-corrected chi connectivity index (χ0v) is 15.1. The molecule has 0 amide bonds. The van der Waals surface area contributed by atoms with Crippen molar-refractivity contribution in [2.45, 2.75) is 49.1 Å². The van der Waals surface area contributed by atoms with E-state index in [4.69, 9.17) is 16.5 Å². The van der Waals surface area contributed by atoms with Gasteiger partial charge in [-0.1, -0.05) is 51.2 Å². The molecule has 0 aliphatic rings. The van der Waals surface area contributed by atoms with Crippen molar-refractivity contribution in [3.05, 3.63) is 0 Å². The van der Waals surface area contributed by atoms with Crippen LogP contribution in [-0.4, -0.2) is 33.6 Å². The maximum absolute atomic E-state index is 11.4. The molecule has 0 spiro atoms. The molecule has 0 aliphatic carbocycles. The molecule has 106 valence electrons. The minimum absolute atomic E-state index is 0.219. The Morgan fingerprint density at radius 1 is 1.33 bits per heavy atom. The van der Waals surface area contributed by atoms with Crippen LogP contribution in [-0.2, 0) is 21.3 Å². The quantitative estimate of drug-likeness (QED) is 0.398. The Kier molecular flexibility index (Phi) is 9.88. The number of nitrogens with one attached hydrogen (secondary N) is 1. The van der Waals surface area contributed by atoms with Crippen molar-refractivity contribution in [3.8, 4) is 0 Å². The Labute approximate surface area is 125 Å². The second kappa shape index (κ2) is 9.54. The van der Waals surface area contributed by atoms with Crippen LogP contribution in [0.1, 0.15) is 34.6 Å². The molecule has 0 aromatic rings. The van der Waals surface area contributed by atoms with Crippen molar-refractivity contribution in [2.24, 2.45) is 0 Å². The van der Waals surface area contributed by atoms with Gasteiger partial charge >= 0.3 is 5.97 Å². The lowest BCUT2D eigenvalue weighted by Crippen LogP contribution is -2.40. The minimum Gasteiger partial charge on any atom is -0.465 e. The highest BCUT2D eigenvalue weighted by molar-refractivity contribution is 8.27. The average Bonchev–Trinajstić information content (AvgIpc) is 2.25. The predicted octanol–water partition coefficient (Wildman–Crippen LogP) is 3.17. The van der Waals surface area contributed by atoms with Gasteiger partial charge in [0.15, 0.2) is 11.8 Å². The second-order valence-electron chi connectivity index (χ2n) is 4.21. The van der Waals surface area contributed by atoms with Crippen molar-refractivity contribution in [3.63, 3.8) is 0 Å². The van der Waals surface area contributed by atoms with Crippen molar-refractivity contribution in [1.82, 2.24) is 5.32 Å². The smallest absolute Gasteiger partial charge is 0.320 e. The largest absolute Gasteiger partial charge is 0.465 e. The molecule has 0 aromatic heterocycles. The summed E-state index contributed by atoms with van der Waals surface area (Å²) in [6, 6.07) is 0. The maximum atomic E-state index is 11.4. The van der Waals surface area contributed by atoms with Crippen molar-refractivity contribution in [1.29, 1.82) is 0 Å². The lowest BCUT2D eigenvalue weighted by atomic mass is 10.6. The first-order chi connectivity index (χ1) is 8.35. The maximum Gasteiger partial charge on any atom is 0.320 e. The third-order valence-corrected chi connectivity index (χ3v) is 7.64. The van der Waals surface area contributed by atoms with E-state index < -0.39 is 0 Å². The van der Waals surface area contributed by atoms with Gasteiger partial charge in [0.25, 0.3) is 3.94 Å². The molecular formula is C11H23NO2PS3+. The monoisotopic (exact) mass is 328 g/mol. The van der Waals surface area contributed by atoms with E-state index in [0.29, 0.717) is 24.5 Å². The summed E-state index contributed by atoms with van der Waals surface area (Å²) < 4.78 is 4.68. The van der Waals surface area contributed by atoms with E-state index in [1.54, 1.807) is 23.5 Å². The molecule has 0 rings (SSSR count). The van der Waals surface area contributed by atoms with Gasteiger partial charge in [0.05, 0.1) is 13.2 Å². The molecular weight excluding hydrogens is 305 g/mol. The SMILES string of the molecule is CCOC(=O)CNC([PH+]=S)(SC(C)C)SC(C)C. The van der Waals surface area contributed by atoms with Crippen LogP contribution in [0.15, 0.2) is 0 Å². The van der Waals surface area contributed by atoms with Crippen LogP contribution in [0.25, 0.3) is 0 Å². The fourth-order valence-corrected chi connectivity index (χ4v) is 7.32. The normalized spacial score (nSPS) is 12.4. The van der Waals surface area contributed by atoms with Gasteiger partial charge in [-0.15, -0.1) is 0 Å². The van der Waals surface area contributed by atoms with Crippen LogP contribution in [0.2, 0.25) is 0 Å². The van der Waals surface area contributed by atoms with Crippen LogP contribution in [0.3, 0.4) is 0 Å². The fraction of sp³-hybridized carbons (Fsp3) is 0.909. The molecule has 1 N–H and O–H groups in total. The lowest BCUT2D eigenvalue weighted by Gasteiger charge is -2.25. The number of rotatable bonds is 9. The Hall–Kier alpha value is 0.650. The molecule has 1 atom stereocenters. The summed E-state index contributed by atoms with van der Waals surface area (Å²) in [5.41, 5.74) is 0. The molecule has 3 nitrogen and oxygen atoms in total. The van der Waals surface area contributed by atoms with Crippen molar-refractivity contribution >= 4 is 48.7 Å². The number of esters is 1. The van der Waals surface area contributed by atoms with Gasteiger partial charge in [-0.2, -0.15) is 0 Å². The predicted molar refractivity (Wildman–Crippen MR) is 88.5 cm³/mol. The standard InChI is InChI=1S/C11H22NO2PS3/c1-6-14-10(13)7-12-11(15-16,17-8(2)3)18-9(4)5/h8-9,12H,6-7H2,1-5H3/p+1. The highest BCUT2D eigenvalue weighted by Gasteiger charge is 2.39. The summed E-state index contributed by atoms with van der Waals surface area (Å²) in [7, 11) is 0.297. The second-order valence-corrected chi connectivity index (χ2v) is 10.3. The first-order valence-corrected chi connectivity index (χ1v) is 9.90. The van der Waals surface area contributed by atoms with Gasteiger partial charge in [0.2, 0.25) is 7.36 Å². The van der Waals surface area contributed by atoms with Gasteiger partial charge in [-0.25, -0.2) is 5.32 Å². The summed E-state index contributed by atoms with van der Waals surface area (Å²) in [6.07, 6.45) is 0. The Balaban J connectivity index is 4.62. The molecule has 0 radical (unpaired) electrons.